The Morgan fingerprint density at radius 1 is 1.38 bits per heavy atom. The Hall–Kier alpha value is -2.92. The molecule has 0 atom stereocenters. The third kappa shape index (κ3) is 3.88. The third-order valence-electron chi connectivity index (χ3n) is 3.83. The minimum Gasteiger partial charge on any atom is -0.360 e. The van der Waals surface area contributed by atoms with Crippen molar-refractivity contribution < 1.29 is 9.32 Å². The van der Waals surface area contributed by atoms with Gasteiger partial charge in [-0.1, -0.05) is 5.16 Å². The number of nitrogens with one attached hydrogen (secondary N) is 1. The Kier molecular flexibility index (Phi) is 4.72. The number of hydrogen-bond acceptors (Lipinski definition) is 7. The van der Waals surface area contributed by atoms with Crippen LogP contribution in [-0.2, 0) is 4.79 Å². The first kappa shape index (κ1) is 16.0. The monoisotopic (exact) mass is 326 g/mol. The number of hydrogen-bond donors (Lipinski definition) is 1. The zero-order valence-corrected chi connectivity index (χ0v) is 13.4. The number of anilines is 2. The lowest BCUT2D eigenvalue weighted by atomic mass is 10.2. The summed E-state index contributed by atoms with van der Waals surface area (Å²) in [6, 6.07) is 7.28. The second-order valence-electron chi connectivity index (χ2n) is 5.65. The van der Waals surface area contributed by atoms with Crippen LogP contribution in [0.15, 0.2) is 28.9 Å². The van der Waals surface area contributed by atoms with E-state index in [0.29, 0.717) is 23.7 Å². The molecule has 1 fully saturated rings. The smallest absolute Gasteiger partial charge is 0.239 e. The van der Waals surface area contributed by atoms with E-state index >= 15 is 0 Å². The number of nitrogens with zero attached hydrogens (tertiary/aromatic N) is 5. The highest BCUT2D eigenvalue weighted by Gasteiger charge is 2.20. The van der Waals surface area contributed by atoms with Gasteiger partial charge >= 0.3 is 0 Å². The molecule has 0 spiro atoms. The van der Waals surface area contributed by atoms with Crippen molar-refractivity contribution in [2.75, 3.05) is 42.9 Å². The van der Waals surface area contributed by atoms with Crippen molar-refractivity contribution in [1.29, 1.82) is 5.26 Å². The molecule has 1 saturated heterocycles. The molecule has 0 aromatic carbocycles. The summed E-state index contributed by atoms with van der Waals surface area (Å²) in [6.07, 6.45) is 1.65. The number of carbonyl (C=O) groups is 1. The summed E-state index contributed by atoms with van der Waals surface area (Å²) in [7, 11) is 0. The molecule has 0 bridgehead atoms. The molecule has 124 valence electrons. The lowest BCUT2D eigenvalue weighted by Gasteiger charge is -2.34. The second kappa shape index (κ2) is 7.10. The summed E-state index contributed by atoms with van der Waals surface area (Å²) < 4.78 is 4.92. The maximum absolute atomic E-state index is 12.0. The van der Waals surface area contributed by atoms with Crippen molar-refractivity contribution in [3.05, 3.63) is 35.7 Å². The van der Waals surface area contributed by atoms with E-state index in [4.69, 9.17) is 9.78 Å². The van der Waals surface area contributed by atoms with E-state index in [9.17, 15) is 4.79 Å². The Balaban J connectivity index is 1.49. The summed E-state index contributed by atoms with van der Waals surface area (Å²) in [5.41, 5.74) is 0.602. The maximum Gasteiger partial charge on any atom is 0.239 e. The van der Waals surface area contributed by atoms with Gasteiger partial charge in [0.25, 0.3) is 0 Å². The molecule has 8 heteroatoms. The van der Waals surface area contributed by atoms with E-state index in [0.717, 1.165) is 32.0 Å². The van der Waals surface area contributed by atoms with E-state index in [-0.39, 0.29) is 5.91 Å². The molecule has 0 aliphatic carbocycles. The number of aryl methyl sites for hydroxylation is 1. The van der Waals surface area contributed by atoms with E-state index < -0.39 is 0 Å². The SMILES string of the molecule is Cc1cc(NC(=O)CN2CCN(c3cc(C#N)ccn3)CC2)no1. The van der Waals surface area contributed by atoms with Crippen LogP contribution in [0.3, 0.4) is 0 Å². The molecule has 0 saturated carbocycles. The Morgan fingerprint density at radius 2 is 2.17 bits per heavy atom. The highest BCUT2D eigenvalue weighted by Crippen LogP contribution is 2.15. The van der Waals surface area contributed by atoms with Gasteiger partial charge in [-0.3, -0.25) is 9.69 Å². The molecule has 24 heavy (non-hydrogen) atoms. The van der Waals surface area contributed by atoms with Crippen LogP contribution in [0, 0.1) is 18.3 Å². The normalized spacial score (nSPS) is 15.1. The second-order valence-corrected chi connectivity index (χ2v) is 5.65. The number of carbonyl (C=O) groups excluding carboxylic acids is 1. The minimum atomic E-state index is -0.110. The highest BCUT2D eigenvalue weighted by molar-refractivity contribution is 5.91. The van der Waals surface area contributed by atoms with Crippen molar-refractivity contribution in [1.82, 2.24) is 15.0 Å². The van der Waals surface area contributed by atoms with Crippen LogP contribution in [0.4, 0.5) is 11.6 Å². The standard InChI is InChI=1S/C16H18N6O2/c1-12-8-14(20-24-12)19-16(23)11-21-4-6-22(7-5-21)15-9-13(10-17)2-3-18-15/h2-3,8-9H,4-7,11H2,1H3,(H,19,20,23). The molecule has 3 rings (SSSR count). The van der Waals surface area contributed by atoms with Gasteiger partial charge < -0.3 is 14.7 Å². The first-order valence-electron chi connectivity index (χ1n) is 7.70. The molecule has 0 radical (unpaired) electrons. The summed E-state index contributed by atoms with van der Waals surface area (Å²) in [4.78, 5) is 20.5. The van der Waals surface area contributed by atoms with Crippen LogP contribution in [0.25, 0.3) is 0 Å². The van der Waals surface area contributed by atoms with E-state index in [1.54, 1.807) is 31.3 Å². The number of amides is 1. The summed E-state index contributed by atoms with van der Waals surface area (Å²) in [5, 5.41) is 15.4. The number of rotatable bonds is 4. The van der Waals surface area contributed by atoms with Crippen molar-refractivity contribution in [2.45, 2.75) is 6.92 Å². The topological polar surface area (TPSA) is 98.3 Å². The summed E-state index contributed by atoms with van der Waals surface area (Å²) >= 11 is 0. The van der Waals surface area contributed by atoms with Crippen molar-refractivity contribution >= 4 is 17.5 Å². The molecule has 8 nitrogen and oxygen atoms in total. The molecule has 1 aliphatic rings. The zero-order chi connectivity index (χ0) is 16.9. The van der Waals surface area contributed by atoms with Crippen LogP contribution >= 0.6 is 0 Å². The van der Waals surface area contributed by atoms with Gasteiger partial charge in [-0.15, -0.1) is 0 Å². The number of aromatic nitrogens is 2. The molecule has 1 amide bonds. The van der Waals surface area contributed by atoms with Gasteiger partial charge in [-0.25, -0.2) is 4.98 Å². The predicted octanol–water partition coefficient (Wildman–Crippen LogP) is 1.01. The van der Waals surface area contributed by atoms with Gasteiger partial charge in [0.1, 0.15) is 11.6 Å². The molecular formula is C16H18N6O2. The maximum atomic E-state index is 12.0. The number of piperazine rings is 1. The Bertz CT molecular complexity index is 758. The lowest BCUT2D eigenvalue weighted by Crippen LogP contribution is -2.49. The molecule has 2 aromatic rings. The highest BCUT2D eigenvalue weighted by atomic mass is 16.5. The van der Waals surface area contributed by atoms with Crippen LogP contribution in [-0.4, -0.2) is 53.7 Å². The predicted molar refractivity (Wildman–Crippen MR) is 87.5 cm³/mol. The van der Waals surface area contributed by atoms with Gasteiger partial charge in [0.2, 0.25) is 5.91 Å². The van der Waals surface area contributed by atoms with E-state index in [2.05, 4.69) is 31.3 Å². The quantitative estimate of drug-likeness (QED) is 0.895. The average molecular weight is 326 g/mol. The van der Waals surface area contributed by atoms with E-state index in [1.165, 1.54) is 0 Å². The lowest BCUT2D eigenvalue weighted by molar-refractivity contribution is -0.117. The fourth-order valence-electron chi connectivity index (χ4n) is 2.61. The number of nitriles is 1. The van der Waals surface area contributed by atoms with Gasteiger partial charge in [0.05, 0.1) is 18.2 Å². The Labute approximate surface area is 139 Å². The van der Waals surface area contributed by atoms with Crippen LogP contribution in [0.2, 0.25) is 0 Å². The Morgan fingerprint density at radius 3 is 2.83 bits per heavy atom. The largest absolute Gasteiger partial charge is 0.360 e. The summed E-state index contributed by atoms with van der Waals surface area (Å²) in [6.45, 7) is 5.12. The van der Waals surface area contributed by atoms with Crippen LogP contribution in [0.5, 0.6) is 0 Å². The molecule has 1 aliphatic heterocycles. The van der Waals surface area contributed by atoms with Gasteiger partial charge in [-0.2, -0.15) is 5.26 Å². The molecule has 1 N–H and O–H groups in total. The van der Waals surface area contributed by atoms with Gasteiger partial charge in [-0.05, 0) is 19.1 Å². The van der Waals surface area contributed by atoms with Crippen molar-refractivity contribution in [2.24, 2.45) is 0 Å². The molecule has 2 aromatic heterocycles. The molecular weight excluding hydrogens is 308 g/mol. The minimum absolute atomic E-state index is 0.110. The molecule has 3 heterocycles. The van der Waals surface area contributed by atoms with E-state index in [1.807, 2.05) is 0 Å². The first-order chi connectivity index (χ1) is 11.6. The third-order valence-corrected chi connectivity index (χ3v) is 3.83. The fourth-order valence-corrected chi connectivity index (χ4v) is 2.61. The number of pyridine rings is 1. The first-order valence-corrected chi connectivity index (χ1v) is 7.70. The van der Waals surface area contributed by atoms with Gasteiger partial charge in [0.15, 0.2) is 5.82 Å². The van der Waals surface area contributed by atoms with Crippen LogP contribution < -0.4 is 10.2 Å². The van der Waals surface area contributed by atoms with Crippen molar-refractivity contribution in [3.63, 3.8) is 0 Å². The fraction of sp³-hybridized carbons (Fsp3) is 0.375. The van der Waals surface area contributed by atoms with Crippen molar-refractivity contribution in [3.8, 4) is 6.07 Å². The average Bonchev–Trinajstić information content (AvgIpc) is 3.00. The zero-order valence-electron chi connectivity index (χ0n) is 13.4. The van der Waals surface area contributed by atoms with Gasteiger partial charge in [0, 0.05) is 38.4 Å². The summed E-state index contributed by atoms with van der Waals surface area (Å²) in [5.74, 6) is 1.79. The van der Waals surface area contributed by atoms with Crippen LogP contribution in [0.1, 0.15) is 11.3 Å². The molecule has 0 unspecified atom stereocenters.